The lowest BCUT2D eigenvalue weighted by Crippen LogP contribution is -1.81. The van der Waals surface area contributed by atoms with E-state index < -0.39 is 0 Å². The maximum absolute atomic E-state index is 4.07. The van der Waals surface area contributed by atoms with Gasteiger partial charge in [-0.05, 0) is 32.5 Å². The van der Waals surface area contributed by atoms with Crippen molar-refractivity contribution in [1.29, 1.82) is 0 Å². The van der Waals surface area contributed by atoms with Crippen LogP contribution in [0.2, 0.25) is 0 Å². The SMILES string of the molecule is CC[CH]CCCCCCCSSSS. The van der Waals surface area contributed by atoms with Crippen molar-refractivity contribution in [3.8, 4) is 0 Å². The molecule has 0 bridgehead atoms. The molecule has 0 fully saturated rings. The van der Waals surface area contributed by atoms with Crippen molar-refractivity contribution in [2.75, 3.05) is 5.75 Å². The summed E-state index contributed by atoms with van der Waals surface area (Å²) < 4.78 is 0. The number of hydrogen-bond acceptors (Lipinski definition) is 4. The third-order valence-electron chi connectivity index (χ3n) is 2.00. The van der Waals surface area contributed by atoms with Crippen LogP contribution in [0.3, 0.4) is 0 Å². The second-order valence-corrected chi connectivity index (χ2v) is 8.28. The Morgan fingerprint density at radius 2 is 1.79 bits per heavy atom. The minimum atomic E-state index is 1.23. The molecule has 0 aromatic heterocycles. The molecule has 0 aliphatic carbocycles. The molecule has 0 heterocycles. The minimum absolute atomic E-state index is 1.23. The Hall–Kier alpha value is 1.40. The van der Waals surface area contributed by atoms with Crippen molar-refractivity contribution in [1.82, 2.24) is 0 Å². The molecule has 4 heteroatoms. The average molecular weight is 270 g/mol. The molecule has 0 unspecified atom stereocenters. The molecule has 0 aliphatic rings. The summed E-state index contributed by atoms with van der Waals surface area (Å²) >= 11 is 4.07. The fraction of sp³-hybridized carbons (Fsp3) is 0.900. The van der Waals surface area contributed by atoms with Crippen LogP contribution in [0.4, 0.5) is 0 Å². The molecule has 0 rings (SSSR count). The fourth-order valence-electron chi connectivity index (χ4n) is 1.24. The van der Waals surface area contributed by atoms with E-state index >= 15 is 0 Å². The van der Waals surface area contributed by atoms with Gasteiger partial charge in [0.1, 0.15) is 0 Å². The predicted molar refractivity (Wildman–Crippen MR) is 78.9 cm³/mol. The zero-order valence-corrected chi connectivity index (χ0v) is 12.3. The van der Waals surface area contributed by atoms with Crippen molar-refractivity contribution in [2.24, 2.45) is 0 Å². The van der Waals surface area contributed by atoms with Gasteiger partial charge < -0.3 is 0 Å². The molecule has 0 saturated heterocycles. The van der Waals surface area contributed by atoms with Crippen molar-refractivity contribution in [2.45, 2.75) is 51.9 Å². The molecular formula is C10H21S4. The summed E-state index contributed by atoms with van der Waals surface area (Å²) in [5, 5.41) is 0. The Morgan fingerprint density at radius 3 is 2.50 bits per heavy atom. The van der Waals surface area contributed by atoms with E-state index in [1.807, 2.05) is 10.8 Å². The van der Waals surface area contributed by atoms with Crippen molar-refractivity contribution >= 4 is 42.1 Å². The first-order valence-electron chi connectivity index (χ1n) is 5.33. The summed E-state index contributed by atoms with van der Waals surface area (Å²) in [6, 6.07) is 0. The second-order valence-electron chi connectivity index (χ2n) is 3.22. The topological polar surface area (TPSA) is 0 Å². The largest absolute Gasteiger partial charge is 0.0989 e. The summed E-state index contributed by atoms with van der Waals surface area (Å²) in [5.74, 6) is 1.28. The van der Waals surface area contributed by atoms with E-state index in [9.17, 15) is 0 Å². The van der Waals surface area contributed by atoms with Gasteiger partial charge >= 0.3 is 0 Å². The van der Waals surface area contributed by atoms with Crippen LogP contribution in [0.15, 0.2) is 0 Å². The van der Waals surface area contributed by atoms with Crippen molar-refractivity contribution in [3.05, 3.63) is 6.42 Å². The molecule has 1 radical (unpaired) electrons. The average Bonchev–Trinajstić information content (AvgIpc) is 2.21. The Labute approximate surface area is 106 Å². The predicted octanol–water partition coefficient (Wildman–Crippen LogP) is 5.82. The highest BCUT2D eigenvalue weighted by Gasteiger charge is 1.92. The lowest BCUT2D eigenvalue weighted by molar-refractivity contribution is 0.627. The number of thiol groups is 1. The van der Waals surface area contributed by atoms with Gasteiger partial charge in [-0.3, -0.25) is 0 Å². The Bertz CT molecular complexity index is 86.1. The minimum Gasteiger partial charge on any atom is -0.0989 e. The molecule has 0 aromatic carbocycles. The molecule has 0 saturated carbocycles. The smallest absolute Gasteiger partial charge is 0.00454 e. The maximum Gasteiger partial charge on any atom is 0.00454 e. The molecule has 14 heavy (non-hydrogen) atoms. The molecule has 0 spiro atoms. The summed E-state index contributed by atoms with van der Waals surface area (Å²) in [6.07, 6.45) is 11.9. The Morgan fingerprint density at radius 1 is 1.07 bits per heavy atom. The van der Waals surface area contributed by atoms with E-state index in [2.05, 4.69) is 25.0 Å². The molecule has 0 N–H and O–H groups in total. The standard InChI is InChI=1S/C10H21S4/c1-2-3-4-5-6-7-8-9-10-12-14-13-11/h3,11H,2,4-10H2,1H3. The van der Waals surface area contributed by atoms with E-state index in [-0.39, 0.29) is 0 Å². The summed E-state index contributed by atoms with van der Waals surface area (Å²) in [4.78, 5) is 0. The maximum atomic E-state index is 4.07. The van der Waals surface area contributed by atoms with Crippen LogP contribution in [0.25, 0.3) is 0 Å². The van der Waals surface area contributed by atoms with E-state index in [0.29, 0.717) is 0 Å². The quantitative estimate of drug-likeness (QED) is 0.285. The van der Waals surface area contributed by atoms with Crippen molar-refractivity contribution < 1.29 is 0 Å². The van der Waals surface area contributed by atoms with Gasteiger partial charge in [0.25, 0.3) is 0 Å². The van der Waals surface area contributed by atoms with Gasteiger partial charge in [0, 0.05) is 5.75 Å². The number of hydrogen-bond donors (Lipinski definition) is 1. The number of rotatable bonds is 11. The first-order valence-corrected chi connectivity index (χ1v) is 10.0. The number of unbranched alkanes of at least 4 members (excludes halogenated alkanes) is 7. The van der Waals surface area contributed by atoms with Crippen molar-refractivity contribution in [3.63, 3.8) is 0 Å². The van der Waals surface area contributed by atoms with E-state index in [4.69, 9.17) is 0 Å². The van der Waals surface area contributed by atoms with Crippen LogP contribution in [-0.4, -0.2) is 5.75 Å². The van der Waals surface area contributed by atoms with Crippen LogP contribution < -0.4 is 0 Å². The zero-order chi connectivity index (χ0) is 10.5. The molecule has 0 aromatic rings. The van der Waals surface area contributed by atoms with Crippen LogP contribution in [0, 0.1) is 6.42 Å². The van der Waals surface area contributed by atoms with Crippen LogP contribution in [-0.2, 0) is 0 Å². The van der Waals surface area contributed by atoms with E-state index in [0.717, 1.165) is 0 Å². The summed E-state index contributed by atoms with van der Waals surface area (Å²) in [7, 11) is 5.25. The highest BCUT2D eigenvalue weighted by molar-refractivity contribution is 9.23. The van der Waals surface area contributed by atoms with Crippen LogP contribution in [0.5, 0.6) is 0 Å². The first-order chi connectivity index (χ1) is 6.91. The lowest BCUT2D eigenvalue weighted by Gasteiger charge is -2.00. The van der Waals surface area contributed by atoms with E-state index in [1.54, 1.807) is 19.7 Å². The highest BCUT2D eigenvalue weighted by atomic mass is 33.7. The first kappa shape index (κ1) is 15.4. The zero-order valence-electron chi connectivity index (χ0n) is 8.91. The third-order valence-corrected chi connectivity index (χ3v) is 6.64. The van der Waals surface area contributed by atoms with Gasteiger partial charge in [0.2, 0.25) is 0 Å². The molecule has 85 valence electrons. The van der Waals surface area contributed by atoms with Crippen LogP contribution >= 0.6 is 42.1 Å². The summed E-state index contributed by atoms with van der Waals surface area (Å²) in [6.45, 7) is 2.22. The Kier molecular flexibility index (Phi) is 15.8. The van der Waals surface area contributed by atoms with Gasteiger partial charge in [0.15, 0.2) is 0 Å². The molecule has 0 atom stereocenters. The Balaban J connectivity index is 2.78. The molecule has 0 nitrogen and oxygen atoms in total. The van der Waals surface area contributed by atoms with Crippen LogP contribution in [0.1, 0.15) is 51.9 Å². The molecular weight excluding hydrogens is 248 g/mol. The third kappa shape index (κ3) is 13.4. The normalized spacial score (nSPS) is 10.7. The summed E-state index contributed by atoms with van der Waals surface area (Å²) in [5.41, 5.74) is 0. The monoisotopic (exact) mass is 269 g/mol. The van der Waals surface area contributed by atoms with Gasteiger partial charge in [-0.25, -0.2) is 0 Å². The lowest BCUT2D eigenvalue weighted by atomic mass is 10.1. The van der Waals surface area contributed by atoms with Gasteiger partial charge in [0.05, 0.1) is 0 Å². The van der Waals surface area contributed by atoms with Gasteiger partial charge in [-0.1, -0.05) is 67.9 Å². The van der Waals surface area contributed by atoms with E-state index in [1.165, 1.54) is 50.7 Å². The fourth-order valence-corrected chi connectivity index (χ4v) is 4.52. The highest BCUT2D eigenvalue weighted by Crippen LogP contribution is 2.37. The van der Waals surface area contributed by atoms with Gasteiger partial charge in [-0.15, -0.1) is 0 Å². The second kappa shape index (κ2) is 14.4. The van der Waals surface area contributed by atoms with Gasteiger partial charge in [-0.2, -0.15) is 0 Å². The molecule has 0 amide bonds. The molecule has 0 aliphatic heterocycles.